The minimum Gasteiger partial charge on any atom is -0.311 e. The molecule has 11 heteroatoms. The Morgan fingerprint density at radius 2 is 0.404 bits per heavy atom. The molecular weight excluding hydrogens is 1670 g/mol. The van der Waals surface area contributed by atoms with Gasteiger partial charge in [-0.15, -0.1) is 0 Å². The van der Waals surface area contributed by atoms with Gasteiger partial charge in [0.1, 0.15) is 0 Å². The normalized spacial score (nSPS) is 14.6. The molecule has 6 aliphatic rings. The number of aryl methyl sites for hydroxylation is 4. The van der Waals surface area contributed by atoms with Crippen LogP contribution in [0.25, 0.3) is 0 Å². The van der Waals surface area contributed by atoms with Crippen LogP contribution in [0.4, 0.5) is 102 Å². The molecule has 21 rings (SSSR count). The summed E-state index contributed by atoms with van der Waals surface area (Å²) in [5, 5.41) is 2.87. The van der Waals surface area contributed by atoms with E-state index in [1.54, 1.807) is 0 Å². The third kappa shape index (κ3) is 14.9. The third-order valence-electron chi connectivity index (χ3n) is 30.7. The number of nitrogens with zero attached hydrogens (tertiary/aromatic N) is 6. The number of anilines is 18. The van der Waals surface area contributed by atoms with Crippen LogP contribution in [0.1, 0.15) is 203 Å². The molecule has 0 spiro atoms. The maximum absolute atomic E-state index is 2.78. The lowest BCUT2D eigenvalue weighted by Crippen LogP contribution is -2.63. The van der Waals surface area contributed by atoms with Gasteiger partial charge < -0.3 is 29.4 Å². The zero-order valence-electron chi connectivity index (χ0n) is 85.7. The fourth-order valence-corrected chi connectivity index (χ4v) is 25.3. The Balaban J connectivity index is 1.00. The first-order valence-corrected chi connectivity index (χ1v) is 56.8. The molecule has 6 heterocycles. The van der Waals surface area contributed by atoms with Gasteiger partial charge in [-0.05, 0) is 287 Å². The van der Waals surface area contributed by atoms with Gasteiger partial charge in [-0.2, -0.15) is 0 Å². The molecule has 15 aromatic carbocycles. The molecule has 6 nitrogen and oxygen atoms in total. The molecule has 0 saturated carbocycles. The van der Waals surface area contributed by atoms with Crippen LogP contribution in [0, 0.1) is 27.7 Å². The Kier molecular flexibility index (Phi) is 21.0. The standard InChI is InChI=1S/C125H133B3N6Si2/c1-77-29-44-90(45-30-77)132-107-62-33-79(3)71-98(107)126-100-73-84(123(14,15)16)41-64-104(100)129(87-48-35-81(36-49-87)120(5,6)7)110-68-59-95(117(132)114(110)126)113(96-60-69-111-115-118(96)134(92-54-56-93(57-55-92)135(23,24)25)108-63-34-80(4)72-99(108)127(115)101-74-85(124(17,18)19)42-65-105(101)130(111)88-50-37-82(38-51-88)121(8,9)10)97-61-70-112-116-119(97)133(91-46-31-78(2)32-47-91)109-67-58-94(136(26,27)28)76-103(109)128(116)102-75-86(125(20,21)22)43-66-106(102)131(112)89-52-39-83(40-53-89)122(11,12)13/h29-76,113H,1-28H3. The third-order valence-corrected chi connectivity index (χ3v) is 34.8. The molecule has 0 amide bonds. The van der Waals surface area contributed by atoms with Gasteiger partial charge in [-0.3, -0.25) is 0 Å². The lowest BCUT2D eigenvalue weighted by atomic mass is 9.32. The molecular formula is C125H133B3N6Si2. The predicted octanol–water partition coefficient (Wildman–Crippen LogP) is 27.2. The second-order valence-corrected chi connectivity index (χ2v) is 58.8. The molecule has 0 N–H and O–H groups in total. The van der Waals surface area contributed by atoms with E-state index in [4.69, 9.17) is 0 Å². The molecule has 136 heavy (non-hydrogen) atoms. The largest absolute Gasteiger partial charge is 0.311 e. The van der Waals surface area contributed by atoms with Gasteiger partial charge in [0.25, 0.3) is 20.1 Å². The van der Waals surface area contributed by atoms with Crippen LogP contribution >= 0.6 is 0 Å². The molecule has 6 aliphatic heterocycles. The van der Waals surface area contributed by atoms with Crippen molar-refractivity contribution in [1.29, 1.82) is 0 Å². The minimum atomic E-state index is -2.04. The quantitative estimate of drug-likeness (QED) is 0.0943. The second-order valence-electron chi connectivity index (χ2n) is 48.6. The van der Waals surface area contributed by atoms with Crippen molar-refractivity contribution in [2.24, 2.45) is 0 Å². The van der Waals surface area contributed by atoms with Crippen LogP contribution < -0.4 is 88.9 Å². The second kappa shape index (κ2) is 31.6. The lowest BCUT2D eigenvalue weighted by Gasteiger charge is -2.49. The van der Waals surface area contributed by atoms with Gasteiger partial charge in [0, 0.05) is 108 Å². The van der Waals surface area contributed by atoms with Crippen LogP contribution in [-0.2, 0) is 32.5 Å². The molecule has 0 aromatic heterocycles. The number of fused-ring (bicyclic) bond motifs is 12. The zero-order valence-corrected chi connectivity index (χ0v) is 87.7. The summed E-state index contributed by atoms with van der Waals surface area (Å²) >= 11 is 0. The van der Waals surface area contributed by atoms with Crippen LogP contribution in [-0.4, -0.2) is 36.3 Å². The Bertz CT molecular complexity index is 7340. The summed E-state index contributed by atoms with van der Waals surface area (Å²) in [6.45, 7) is 66.2. The van der Waals surface area contributed by atoms with Gasteiger partial charge >= 0.3 is 0 Å². The number of hydrogen-bond donors (Lipinski definition) is 0. The van der Waals surface area contributed by atoms with Crippen LogP contribution in [0.15, 0.2) is 291 Å². The minimum absolute atomic E-state index is 0.0748. The van der Waals surface area contributed by atoms with Crippen molar-refractivity contribution in [3.05, 3.63) is 364 Å². The van der Waals surface area contributed by atoms with Crippen molar-refractivity contribution in [1.82, 2.24) is 0 Å². The lowest BCUT2D eigenvalue weighted by molar-refractivity contribution is 0.590. The fraction of sp³-hybridized carbons (Fsp3) is 0.280. The first kappa shape index (κ1) is 90.2. The summed E-state index contributed by atoms with van der Waals surface area (Å²) < 4.78 is 0. The highest BCUT2D eigenvalue weighted by atomic mass is 28.3. The van der Waals surface area contributed by atoms with Crippen LogP contribution in [0.2, 0.25) is 39.3 Å². The summed E-state index contributed by atoms with van der Waals surface area (Å²) in [5.41, 5.74) is 48.3. The Morgan fingerprint density at radius 1 is 0.199 bits per heavy atom. The van der Waals surface area contributed by atoms with Crippen molar-refractivity contribution in [2.75, 3.05) is 29.4 Å². The van der Waals surface area contributed by atoms with E-state index in [9.17, 15) is 0 Å². The van der Waals surface area contributed by atoms with E-state index in [0.717, 1.165) is 34.1 Å². The maximum atomic E-state index is 2.78. The van der Waals surface area contributed by atoms with Crippen LogP contribution in [0.3, 0.4) is 0 Å². The van der Waals surface area contributed by atoms with E-state index in [1.807, 2.05) is 0 Å². The Morgan fingerprint density at radius 3 is 0.684 bits per heavy atom. The summed E-state index contributed by atoms with van der Waals surface area (Å²) in [5.74, 6) is -0.584. The van der Waals surface area contributed by atoms with Gasteiger partial charge in [0.15, 0.2) is 0 Å². The number of benzene rings is 15. The number of rotatable bonds is 11. The average Bonchev–Trinajstić information content (AvgIpc) is 0.681. The average molecular weight is 1810 g/mol. The molecule has 1 unspecified atom stereocenters. The van der Waals surface area contributed by atoms with E-state index in [-0.39, 0.29) is 52.6 Å². The first-order chi connectivity index (χ1) is 64.2. The molecule has 0 bridgehead atoms. The van der Waals surface area contributed by atoms with Gasteiger partial charge in [0.2, 0.25) is 0 Å². The monoisotopic (exact) mass is 1810 g/mol. The maximum Gasteiger partial charge on any atom is 0.252 e. The van der Waals surface area contributed by atoms with Crippen molar-refractivity contribution in [2.45, 2.75) is 230 Å². The Hall–Kier alpha value is -12.3. The van der Waals surface area contributed by atoms with Crippen molar-refractivity contribution in [3.8, 4) is 0 Å². The molecule has 0 radical (unpaired) electrons. The summed E-state index contributed by atoms with van der Waals surface area (Å²) in [6, 6.07) is 119. The van der Waals surface area contributed by atoms with Gasteiger partial charge in [-0.1, -0.05) is 360 Å². The van der Waals surface area contributed by atoms with Crippen molar-refractivity contribution < 1.29 is 0 Å². The molecule has 0 saturated heterocycles. The SMILES string of the molecule is Cc1ccc(N2c3ccc(C)cc3B3c4cc(C(C)(C)C)ccc4N(c4ccc(C(C)(C)C)cc4)c4ccc(C(c5ccc6c7c5N(c5ccc([Si](C)(C)C)cc5)c5ccc(C)cc5B7c5cc(C(C)(C)C)ccc5N6c5ccc(C(C)(C)C)cc5)c5ccc6c7c5N(c5ccc(C)cc5)c5ccc([Si](C)(C)C)cc5B7c5cc(C(C)(C)C)ccc5N6c5ccc(C(C)(C)C)cc5)c2c43)cc1. The summed E-state index contributed by atoms with van der Waals surface area (Å²) in [6.07, 6.45) is 0. The van der Waals surface area contributed by atoms with E-state index < -0.39 is 22.1 Å². The molecule has 15 aromatic rings. The van der Waals surface area contributed by atoms with Crippen molar-refractivity contribution in [3.63, 3.8) is 0 Å². The molecule has 0 fully saturated rings. The highest BCUT2D eigenvalue weighted by Gasteiger charge is 2.53. The van der Waals surface area contributed by atoms with E-state index in [1.165, 1.54) is 200 Å². The highest BCUT2D eigenvalue weighted by Crippen LogP contribution is 2.58. The van der Waals surface area contributed by atoms with Gasteiger partial charge in [-0.25, -0.2) is 0 Å². The van der Waals surface area contributed by atoms with E-state index in [2.05, 4.69) is 512 Å². The molecule has 1 atom stereocenters. The topological polar surface area (TPSA) is 19.4 Å². The Labute approximate surface area is 815 Å². The van der Waals surface area contributed by atoms with E-state index >= 15 is 0 Å². The molecule has 0 aliphatic carbocycles. The first-order valence-electron chi connectivity index (χ1n) is 49.8. The smallest absolute Gasteiger partial charge is 0.252 e. The zero-order chi connectivity index (χ0) is 96.0. The van der Waals surface area contributed by atoms with Crippen LogP contribution in [0.5, 0.6) is 0 Å². The highest BCUT2D eigenvalue weighted by molar-refractivity contribution is 7.02. The van der Waals surface area contributed by atoms with Crippen molar-refractivity contribution >= 4 is 198 Å². The van der Waals surface area contributed by atoms with E-state index in [0.29, 0.717) is 0 Å². The predicted molar refractivity (Wildman–Crippen MR) is 599 cm³/mol. The summed E-state index contributed by atoms with van der Waals surface area (Å²) in [7, 11) is -3.93. The molecule has 680 valence electrons. The fourth-order valence-electron chi connectivity index (χ4n) is 22.9. The summed E-state index contributed by atoms with van der Waals surface area (Å²) in [4.78, 5) is 16.3. The number of hydrogen-bond acceptors (Lipinski definition) is 6. The van der Waals surface area contributed by atoms with Gasteiger partial charge in [0.05, 0.1) is 16.1 Å².